The van der Waals surface area contributed by atoms with Gasteiger partial charge in [-0.05, 0) is 40.6 Å². The van der Waals surface area contributed by atoms with Gasteiger partial charge in [0.1, 0.15) is 0 Å². The Hall–Kier alpha value is -2.99. The third-order valence-electron chi connectivity index (χ3n) is 4.49. The fraction of sp³-hybridized carbons (Fsp3) is 0.136. The molecule has 1 amide bonds. The summed E-state index contributed by atoms with van der Waals surface area (Å²) in [5.41, 5.74) is 1.97. The molecule has 4 rings (SSSR count). The van der Waals surface area contributed by atoms with E-state index in [1.165, 1.54) is 5.39 Å². The largest absolute Gasteiger partial charge is 0.352 e. The summed E-state index contributed by atoms with van der Waals surface area (Å²) in [6.45, 7) is 0.494. The SMILES string of the molecule is O=C(CCc1nc(-c2ccc(Br)cc2)no1)NCc1cccc2ccccc12. The molecule has 28 heavy (non-hydrogen) atoms. The molecule has 0 radical (unpaired) electrons. The van der Waals surface area contributed by atoms with Gasteiger partial charge >= 0.3 is 0 Å². The zero-order chi connectivity index (χ0) is 19.3. The van der Waals surface area contributed by atoms with Crippen LogP contribution in [-0.4, -0.2) is 16.0 Å². The van der Waals surface area contributed by atoms with Crippen LogP contribution >= 0.6 is 15.9 Å². The second kappa shape index (κ2) is 8.35. The summed E-state index contributed by atoms with van der Waals surface area (Å²) >= 11 is 3.40. The molecule has 0 saturated carbocycles. The van der Waals surface area contributed by atoms with Crippen molar-refractivity contribution < 1.29 is 9.32 Å². The summed E-state index contributed by atoms with van der Waals surface area (Å²) in [5.74, 6) is 0.938. The Bertz CT molecular complexity index is 1100. The molecule has 140 valence electrons. The average molecular weight is 436 g/mol. The van der Waals surface area contributed by atoms with Crippen LogP contribution in [0.1, 0.15) is 17.9 Å². The van der Waals surface area contributed by atoms with Gasteiger partial charge in [0.05, 0.1) is 0 Å². The lowest BCUT2D eigenvalue weighted by Crippen LogP contribution is -2.23. The minimum Gasteiger partial charge on any atom is -0.352 e. The molecular weight excluding hydrogens is 418 g/mol. The third kappa shape index (κ3) is 4.28. The van der Waals surface area contributed by atoms with Crippen LogP contribution in [0.25, 0.3) is 22.2 Å². The number of nitrogens with zero attached hydrogens (tertiary/aromatic N) is 2. The number of benzene rings is 3. The van der Waals surface area contributed by atoms with Crippen molar-refractivity contribution in [3.63, 3.8) is 0 Å². The first-order chi connectivity index (χ1) is 13.7. The van der Waals surface area contributed by atoms with Gasteiger partial charge in [-0.3, -0.25) is 4.79 Å². The Morgan fingerprint density at radius 3 is 2.64 bits per heavy atom. The van der Waals surface area contributed by atoms with E-state index in [9.17, 15) is 4.79 Å². The van der Waals surface area contributed by atoms with Gasteiger partial charge in [-0.25, -0.2) is 0 Å². The van der Waals surface area contributed by atoms with Crippen LogP contribution in [0.5, 0.6) is 0 Å². The molecule has 0 atom stereocenters. The average Bonchev–Trinajstić information content (AvgIpc) is 3.20. The fourth-order valence-corrected chi connectivity index (χ4v) is 3.29. The molecule has 5 nitrogen and oxygen atoms in total. The molecule has 0 aliphatic carbocycles. The van der Waals surface area contributed by atoms with Crippen molar-refractivity contribution in [1.82, 2.24) is 15.5 Å². The lowest BCUT2D eigenvalue weighted by atomic mass is 10.0. The van der Waals surface area contributed by atoms with E-state index in [1.54, 1.807) is 0 Å². The van der Waals surface area contributed by atoms with E-state index < -0.39 is 0 Å². The standard InChI is InChI=1S/C22H18BrN3O2/c23-18-10-8-16(9-11-18)22-25-21(28-26-22)13-12-20(27)24-14-17-6-3-5-15-4-1-2-7-19(15)17/h1-11H,12-14H2,(H,24,27). The van der Waals surface area contributed by atoms with Crippen LogP contribution < -0.4 is 5.32 Å². The van der Waals surface area contributed by atoms with Gasteiger partial charge in [0.25, 0.3) is 0 Å². The number of fused-ring (bicyclic) bond motifs is 1. The van der Waals surface area contributed by atoms with Gasteiger partial charge in [-0.1, -0.05) is 63.6 Å². The second-order valence-corrected chi connectivity index (χ2v) is 7.35. The Labute approximate surface area is 170 Å². The molecule has 0 aliphatic rings. The maximum absolute atomic E-state index is 12.2. The minimum absolute atomic E-state index is 0.0451. The lowest BCUT2D eigenvalue weighted by molar-refractivity contribution is -0.121. The highest BCUT2D eigenvalue weighted by Crippen LogP contribution is 2.20. The third-order valence-corrected chi connectivity index (χ3v) is 5.02. The lowest BCUT2D eigenvalue weighted by Gasteiger charge is -2.08. The van der Waals surface area contributed by atoms with Crippen molar-refractivity contribution in [3.05, 3.63) is 82.7 Å². The first-order valence-corrected chi connectivity index (χ1v) is 9.80. The Kier molecular flexibility index (Phi) is 5.48. The molecule has 0 fully saturated rings. The summed E-state index contributed by atoms with van der Waals surface area (Å²) in [7, 11) is 0. The predicted molar refractivity (Wildman–Crippen MR) is 112 cm³/mol. The number of carbonyl (C=O) groups is 1. The highest BCUT2D eigenvalue weighted by atomic mass is 79.9. The highest BCUT2D eigenvalue weighted by molar-refractivity contribution is 9.10. The molecule has 6 heteroatoms. The van der Waals surface area contributed by atoms with Gasteiger partial charge < -0.3 is 9.84 Å². The van der Waals surface area contributed by atoms with Crippen molar-refractivity contribution in [2.45, 2.75) is 19.4 Å². The molecule has 0 unspecified atom stereocenters. The summed E-state index contributed by atoms with van der Waals surface area (Å²) < 4.78 is 6.26. The van der Waals surface area contributed by atoms with Crippen LogP contribution in [-0.2, 0) is 17.8 Å². The minimum atomic E-state index is -0.0451. The summed E-state index contributed by atoms with van der Waals surface area (Å²) in [4.78, 5) is 16.6. The molecule has 1 N–H and O–H groups in total. The Morgan fingerprint density at radius 1 is 1.00 bits per heavy atom. The first-order valence-electron chi connectivity index (χ1n) is 9.01. The molecular formula is C22H18BrN3O2. The predicted octanol–water partition coefficient (Wildman–Crippen LogP) is 4.90. The van der Waals surface area contributed by atoms with Crippen LogP contribution in [0.3, 0.4) is 0 Å². The molecule has 4 aromatic rings. The van der Waals surface area contributed by atoms with Crippen LogP contribution in [0.2, 0.25) is 0 Å². The highest BCUT2D eigenvalue weighted by Gasteiger charge is 2.11. The molecule has 0 bridgehead atoms. The summed E-state index contributed by atoms with van der Waals surface area (Å²) in [6.07, 6.45) is 0.706. The van der Waals surface area contributed by atoms with Gasteiger partial charge in [0.2, 0.25) is 17.6 Å². The van der Waals surface area contributed by atoms with Gasteiger partial charge in [-0.2, -0.15) is 4.98 Å². The molecule has 1 heterocycles. The summed E-state index contributed by atoms with van der Waals surface area (Å²) in [6, 6.07) is 21.9. The first kappa shape index (κ1) is 18.4. The molecule has 0 saturated heterocycles. The smallest absolute Gasteiger partial charge is 0.227 e. The monoisotopic (exact) mass is 435 g/mol. The number of aromatic nitrogens is 2. The van der Waals surface area contributed by atoms with Gasteiger partial charge in [0.15, 0.2) is 0 Å². The number of rotatable bonds is 6. The van der Waals surface area contributed by atoms with Crippen molar-refractivity contribution in [3.8, 4) is 11.4 Å². The van der Waals surface area contributed by atoms with Gasteiger partial charge in [-0.15, -0.1) is 0 Å². The van der Waals surface area contributed by atoms with E-state index >= 15 is 0 Å². The Morgan fingerprint density at radius 2 is 1.79 bits per heavy atom. The Balaban J connectivity index is 1.33. The number of hydrogen-bond donors (Lipinski definition) is 1. The number of nitrogens with one attached hydrogen (secondary N) is 1. The molecule has 0 aliphatic heterocycles. The molecule has 3 aromatic carbocycles. The van der Waals surface area contributed by atoms with Crippen molar-refractivity contribution in [2.24, 2.45) is 0 Å². The van der Waals surface area contributed by atoms with E-state index in [0.29, 0.717) is 31.1 Å². The van der Waals surface area contributed by atoms with Crippen LogP contribution in [0, 0.1) is 0 Å². The number of amides is 1. The zero-order valence-electron chi connectivity index (χ0n) is 15.1. The number of halogens is 1. The van der Waals surface area contributed by atoms with E-state index in [1.807, 2.05) is 48.5 Å². The number of carbonyl (C=O) groups excluding carboxylic acids is 1. The quantitative estimate of drug-likeness (QED) is 0.467. The summed E-state index contributed by atoms with van der Waals surface area (Å²) in [5, 5.41) is 9.28. The van der Waals surface area contributed by atoms with Crippen molar-refractivity contribution >= 4 is 32.6 Å². The maximum atomic E-state index is 12.2. The van der Waals surface area contributed by atoms with Crippen molar-refractivity contribution in [1.29, 1.82) is 0 Å². The van der Waals surface area contributed by atoms with E-state index in [0.717, 1.165) is 21.0 Å². The van der Waals surface area contributed by atoms with Crippen LogP contribution in [0.4, 0.5) is 0 Å². The van der Waals surface area contributed by atoms with E-state index in [-0.39, 0.29) is 5.91 Å². The van der Waals surface area contributed by atoms with E-state index in [4.69, 9.17) is 4.52 Å². The van der Waals surface area contributed by atoms with Crippen molar-refractivity contribution in [2.75, 3.05) is 0 Å². The van der Waals surface area contributed by atoms with Gasteiger partial charge in [0, 0.05) is 29.4 Å². The normalized spacial score (nSPS) is 10.9. The fourth-order valence-electron chi connectivity index (χ4n) is 3.02. The van der Waals surface area contributed by atoms with E-state index in [2.05, 4.69) is 49.6 Å². The molecule has 1 aromatic heterocycles. The number of aryl methyl sites for hydroxylation is 1. The maximum Gasteiger partial charge on any atom is 0.227 e. The second-order valence-electron chi connectivity index (χ2n) is 6.43. The zero-order valence-corrected chi connectivity index (χ0v) is 16.6. The number of hydrogen-bond acceptors (Lipinski definition) is 4. The van der Waals surface area contributed by atoms with Crippen LogP contribution in [0.15, 0.2) is 75.7 Å². The topological polar surface area (TPSA) is 68.0 Å². The molecule has 0 spiro atoms.